The summed E-state index contributed by atoms with van der Waals surface area (Å²) < 4.78 is 25.9. The van der Waals surface area contributed by atoms with Crippen LogP contribution in [0.3, 0.4) is 0 Å². The lowest BCUT2D eigenvalue weighted by Crippen LogP contribution is -2.48. The Kier molecular flexibility index (Phi) is 7.31. The van der Waals surface area contributed by atoms with Crippen molar-refractivity contribution in [3.05, 3.63) is 24.3 Å². The summed E-state index contributed by atoms with van der Waals surface area (Å²) in [5.41, 5.74) is 1.17. The van der Waals surface area contributed by atoms with Crippen LogP contribution in [0.4, 0.5) is 11.4 Å². The second kappa shape index (κ2) is 8.52. The number of hydrogen-bond acceptors (Lipinski definition) is 4. The number of carbonyl (C=O) groups excluding carboxylic acids is 1. The van der Waals surface area contributed by atoms with Gasteiger partial charge in [0, 0.05) is 17.3 Å². The van der Waals surface area contributed by atoms with Crippen LogP contribution in [0.1, 0.15) is 20.3 Å². The van der Waals surface area contributed by atoms with Gasteiger partial charge in [-0.25, -0.2) is 8.42 Å². The van der Waals surface area contributed by atoms with E-state index in [4.69, 9.17) is 0 Å². The highest BCUT2D eigenvalue weighted by Crippen LogP contribution is 2.20. The molecule has 0 radical (unpaired) electrons. The number of amides is 1. The van der Waals surface area contributed by atoms with Crippen LogP contribution in [-0.2, 0) is 14.8 Å². The van der Waals surface area contributed by atoms with Gasteiger partial charge in [0.1, 0.15) is 0 Å². The molecule has 1 aromatic carbocycles. The standard InChI is InChI=1S/C15H23N3O3S.ClH/c1-3-8-22(20,21)18-14-6-4-13(5-7-14)17-15(19)11(2)12-9-16-10-12;/h4-7,11-12,16,18H,3,8-10H2,1-2H3,(H,17,19);1H. The van der Waals surface area contributed by atoms with Gasteiger partial charge in [-0.05, 0) is 49.7 Å². The summed E-state index contributed by atoms with van der Waals surface area (Å²) in [7, 11) is -3.29. The van der Waals surface area contributed by atoms with Crippen LogP contribution in [0.5, 0.6) is 0 Å². The maximum atomic E-state index is 12.1. The van der Waals surface area contributed by atoms with Crippen LogP contribution in [0, 0.1) is 11.8 Å². The number of benzene rings is 1. The zero-order chi connectivity index (χ0) is 16.2. The molecular formula is C15H24ClN3O3S. The Morgan fingerprint density at radius 1 is 1.26 bits per heavy atom. The summed E-state index contributed by atoms with van der Waals surface area (Å²) in [5, 5.41) is 6.02. The average molecular weight is 362 g/mol. The van der Waals surface area contributed by atoms with Crippen molar-refractivity contribution < 1.29 is 13.2 Å². The van der Waals surface area contributed by atoms with Crippen LogP contribution < -0.4 is 15.4 Å². The Morgan fingerprint density at radius 2 is 1.83 bits per heavy atom. The molecule has 1 heterocycles. The Labute approximate surface area is 143 Å². The minimum atomic E-state index is -3.29. The van der Waals surface area contributed by atoms with Crippen molar-refractivity contribution in [2.45, 2.75) is 20.3 Å². The molecule has 0 saturated carbocycles. The van der Waals surface area contributed by atoms with Gasteiger partial charge in [-0.1, -0.05) is 13.8 Å². The van der Waals surface area contributed by atoms with Gasteiger partial charge in [0.15, 0.2) is 0 Å². The number of anilines is 2. The molecule has 1 aliphatic heterocycles. The average Bonchev–Trinajstić information content (AvgIpc) is 2.38. The Balaban J connectivity index is 0.00000264. The molecule has 1 aromatic rings. The molecule has 130 valence electrons. The molecule has 1 unspecified atom stereocenters. The topological polar surface area (TPSA) is 87.3 Å². The van der Waals surface area contributed by atoms with E-state index in [1.54, 1.807) is 24.3 Å². The lowest BCUT2D eigenvalue weighted by molar-refractivity contribution is -0.121. The van der Waals surface area contributed by atoms with Gasteiger partial charge < -0.3 is 10.6 Å². The molecule has 1 amide bonds. The van der Waals surface area contributed by atoms with Crippen LogP contribution in [0.25, 0.3) is 0 Å². The molecule has 3 N–H and O–H groups in total. The third-order valence-corrected chi connectivity index (χ3v) is 5.32. The molecule has 6 nitrogen and oxygen atoms in total. The predicted octanol–water partition coefficient (Wildman–Crippen LogP) is 2.05. The van der Waals surface area contributed by atoms with Crippen molar-refractivity contribution in [1.29, 1.82) is 0 Å². The summed E-state index contributed by atoms with van der Waals surface area (Å²) in [5.74, 6) is 0.438. The first kappa shape index (κ1) is 19.7. The number of hydrogen-bond donors (Lipinski definition) is 3. The fourth-order valence-electron chi connectivity index (χ4n) is 2.26. The third-order valence-electron chi connectivity index (χ3n) is 3.83. The molecule has 2 rings (SSSR count). The fraction of sp³-hybridized carbons (Fsp3) is 0.533. The van der Waals surface area contributed by atoms with E-state index in [1.165, 1.54) is 0 Å². The molecule has 23 heavy (non-hydrogen) atoms. The van der Waals surface area contributed by atoms with Crippen molar-refractivity contribution in [3.63, 3.8) is 0 Å². The first-order valence-electron chi connectivity index (χ1n) is 7.53. The van der Waals surface area contributed by atoms with E-state index < -0.39 is 10.0 Å². The third kappa shape index (κ3) is 5.67. The smallest absolute Gasteiger partial charge is 0.232 e. The van der Waals surface area contributed by atoms with E-state index in [2.05, 4.69) is 15.4 Å². The van der Waals surface area contributed by atoms with Crippen molar-refractivity contribution in [3.8, 4) is 0 Å². The Hall–Kier alpha value is -1.31. The molecule has 1 saturated heterocycles. The van der Waals surface area contributed by atoms with Gasteiger partial charge >= 0.3 is 0 Å². The zero-order valence-electron chi connectivity index (χ0n) is 13.3. The quantitative estimate of drug-likeness (QED) is 0.693. The molecule has 0 spiro atoms. The van der Waals surface area contributed by atoms with Crippen LogP contribution in [0.15, 0.2) is 24.3 Å². The van der Waals surface area contributed by atoms with E-state index in [0.29, 0.717) is 23.7 Å². The van der Waals surface area contributed by atoms with E-state index in [9.17, 15) is 13.2 Å². The largest absolute Gasteiger partial charge is 0.326 e. The highest BCUT2D eigenvalue weighted by Gasteiger charge is 2.28. The lowest BCUT2D eigenvalue weighted by atomic mass is 9.88. The van der Waals surface area contributed by atoms with Gasteiger partial charge in [-0.15, -0.1) is 12.4 Å². The van der Waals surface area contributed by atoms with E-state index >= 15 is 0 Å². The summed E-state index contributed by atoms with van der Waals surface area (Å²) in [6.45, 7) is 5.50. The second-order valence-electron chi connectivity index (χ2n) is 5.69. The van der Waals surface area contributed by atoms with Gasteiger partial charge in [-0.2, -0.15) is 0 Å². The second-order valence-corrected chi connectivity index (χ2v) is 7.54. The molecule has 0 bridgehead atoms. The van der Waals surface area contributed by atoms with Crippen LogP contribution in [0.2, 0.25) is 0 Å². The van der Waals surface area contributed by atoms with Gasteiger partial charge in [0.2, 0.25) is 15.9 Å². The van der Waals surface area contributed by atoms with Gasteiger partial charge in [-0.3, -0.25) is 9.52 Å². The number of rotatable bonds is 7. The molecule has 0 aliphatic carbocycles. The number of carbonyl (C=O) groups is 1. The van der Waals surface area contributed by atoms with Crippen molar-refractivity contribution >= 4 is 39.7 Å². The van der Waals surface area contributed by atoms with E-state index in [0.717, 1.165) is 13.1 Å². The highest BCUT2D eigenvalue weighted by atomic mass is 35.5. The first-order chi connectivity index (χ1) is 10.4. The van der Waals surface area contributed by atoms with Crippen LogP contribution in [-0.4, -0.2) is 33.2 Å². The minimum absolute atomic E-state index is 0. The fourth-order valence-corrected chi connectivity index (χ4v) is 3.39. The van der Waals surface area contributed by atoms with Crippen molar-refractivity contribution in [2.24, 2.45) is 11.8 Å². The summed E-state index contributed by atoms with van der Waals surface area (Å²) in [6.07, 6.45) is 0.567. The molecule has 1 fully saturated rings. The summed E-state index contributed by atoms with van der Waals surface area (Å²) >= 11 is 0. The molecule has 1 aliphatic rings. The normalized spacial score (nSPS) is 15.9. The highest BCUT2D eigenvalue weighted by molar-refractivity contribution is 7.92. The Bertz CT molecular complexity index is 615. The maximum Gasteiger partial charge on any atom is 0.232 e. The van der Waals surface area contributed by atoms with Crippen molar-refractivity contribution in [2.75, 3.05) is 28.9 Å². The monoisotopic (exact) mass is 361 g/mol. The lowest BCUT2D eigenvalue weighted by Gasteiger charge is -2.31. The predicted molar refractivity (Wildman–Crippen MR) is 95.5 cm³/mol. The summed E-state index contributed by atoms with van der Waals surface area (Å²) in [6, 6.07) is 6.71. The van der Waals surface area contributed by atoms with Crippen LogP contribution >= 0.6 is 12.4 Å². The van der Waals surface area contributed by atoms with Gasteiger partial charge in [0.05, 0.1) is 5.75 Å². The number of halogens is 1. The molecule has 8 heteroatoms. The zero-order valence-corrected chi connectivity index (χ0v) is 15.0. The van der Waals surface area contributed by atoms with E-state index in [-0.39, 0.29) is 30.0 Å². The van der Waals surface area contributed by atoms with Gasteiger partial charge in [0.25, 0.3) is 0 Å². The van der Waals surface area contributed by atoms with E-state index in [1.807, 2.05) is 13.8 Å². The first-order valence-corrected chi connectivity index (χ1v) is 9.18. The number of sulfonamides is 1. The van der Waals surface area contributed by atoms with Crippen molar-refractivity contribution in [1.82, 2.24) is 5.32 Å². The molecule has 1 atom stereocenters. The summed E-state index contributed by atoms with van der Waals surface area (Å²) in [4.78, 5) is 12.1. The molecule has 0 aromatic heterocycles. The SMILES string of the molecule is CCCS(=O)(=O)Nc1ccc(NC(=O)C(C)C2CNC2)cc1.Cl. The Morgan fingerprint density at radius 3 is 2.30 bits per heavy atom. The number of nitrogens with one attached hydrogen (secondary N) is 3. The molecular weight excluding hydrogens is 338 g/mol. The minimum Gasteiger partial charge on any atom is -0.326 e. The maximum absolute atomic E-state index is 12.1.